The van der Waals surface area contributed by atoms with Gasteiger partial charge in [0.15, 0.2) is 6.61 Å². The number of hydrogen-bond donors (Lipinski definition) is 2. The highest BCUT2D eigenvalue weighted by molar-refractivity contribution is 7.89. The van der Waals surface area contributed by atoms with Crippen LogP contribution in [-0.2, 0) is 19.6 Å². The molecule has 6 rings (SSSR count). The molecule has 0 atom stereocenters. The Morgan fingerprint density at radius 1 is 0.941 bits per heavy atom. The first-order chi connectivity index (χ1) is 16.2. The molecule has 9 nitrogen and oxygen atoms in total. The highest BCUT2D eigenvalue weighted by atomic mass is 32.2. The third-order valence-electron chi connectivity index (χ3n) is 7.80. The lowest BCUT2D eigenvalue weighted by atomic mass is 9.53. The Morgan fingerprint density at radius 3 is 2.06 bits per heavy atom. The van der Waals surface area contributed by atoms with Crippen molar-refractivity contribution in [3.63, 3.8) is 0 Å². The fourth-order valence-electron chi connectivity index (χ4n) is 6.75. The van der Waals surface area contributed by atoms with Gasteiger partial charge in [0.2, 0.25) is 10.0 Å². The number of nitrogens with one attached hydrogen (secondary N) is 2. The van der Waals surface area contributed by atoms with E-state index in [-0.39, 0.29) is 16.0 Å². The Labute approximate surface area is 199 Å². The third-order valence-corrected chi connectivity index (χ3v) is 9.71. The summed E-state index contributed by atoms with van der Waals surface area (Å²) in [5.74, 6) is 0.533. The van der Waals surface area contributed by atoms with Crippen LogP contribution in [0.15, 0.2) is 29.2 Å². The van der Waals surface area contributed by atoms with Crippen LogP contribution in [0.3, 0.4) is 0 Å². The molecule has 2 N–H and O–H groups in total. The van der Waals surface area contributed by atoms with E-state index in [1.807, 2.05) is 0 Å². The fourth-order valence-corrected chi connectivity index (χ4v) is 8.27. The van der Waals surface area contributed by atoms with Crippen LogP contribution < -0.4 is 10.6 Å². The molecule has 4 bridgehead atoms. The fraction of sp³-hybridized carbons (Fsp3) is 0.625. The van der Waals surface area contributed by atoms with Crippen LogP contribution in [0.5, 0.6) is 0 Å². The molecule has 1 saturated heterocycles. The van der Waals surface area contributed by atoms with E-state index in [1.54, 1.807) is 0 Å². The second-order valence-electron chi connectivity index (χ2n) is 10.4. The Kier molecular flexibility index (Phi) is 6.14. The number of imide groups is 1. The number of urea groups is 1. The number of ether oxygens (including phenoxy) is 1. The van der Waals surface area contributed by atoms with Gasteiger partial charge in [0.25, 0.3) is 5.91 Å². The van der Waals surface area contributed by atoms with Gasteiger partial charge in [-0.2, -0.15) is 4.31 Å². The smallest absolute Gasteiger partial charge is 0.338 e. The number of carbonyl (C=O) groups excluding carboxylic acids is 3. The Morgan fingerprint density at radius 2 is 1.50 bits per heavy atom. The van der Waals surface area contributed by atoms with Crippen LogP contribution in [0.2, 0.25) is 0 Å². The summed E-state index contributed by atoms with van der Waals surface area (Å²) in [6.45, 7) is 0.399. The number of hydrogen-bond acceptors (Lipinski definition) is 6. The van der Waals surface area contributed by atoms with Gasteiger partial charge in [0, 0.05) is 18.6 Å². The normalized spacial score (nSPS) is 30.2. The molecule has 10 heteroatoms. The Hall–Kier alpha value is -2.46. The molecule has 5 aliphatic rings. The summed E-state index contributed by atoms with van der Waals surface area (Å²) < 4.78 is 31.6. The van der Waals surface area contributed by atoms with Gasteiger partial charge in [0.05, 0.1) is 10.5 Å². The summed E-state index contributed by atoms with van der Waals surface area (Å²) in [5.41, 5.74) is -0.0846. The van der Waals surface area contributed by atoms with Crippen LogP contribution in [0.4, 0.5) is 4.79 Å². The standard InChI is InChI=1S/C24H31N3O6S/c28-21(25-23(30)26-24-12-16-9-17(13-24)11-18(10-16)14-24)15-33-22(29)19-3-5-20(6-4-19)34(31,32)27-7-1-2-8-27/h3-6,16-18H,1-2,7-15H2,(H2,25,26,28,30). The Bertz CT molecular complexity index is 1040. The van der Waals surface area contributed by atoms with Crippen molar-refractivity contribution in [3.05, 3.63) is 29.8 Å². The van der Waals surface area contributed by atoms with Crippen molar-refractivity contribution < 1.29 is 27.5 Å². The van der Waals surface area contributed by atoms with Crippen molar-refractivity contribution in [2.75, 3.05) is 19.7 Å². The molecule has 0 unspecified atom stereocenters. The van der Waals surface area contributed by atoms with E-state index in [0.717, 1.165) is 32.1 Å². The quantitative estimate of drug-likeness (QED) is 0.592. The second kappa shape index (κ2) is 8.96. The summed E-state index contributed by atoms with van der Waals surface area (Å²) in [6.07, 6.45) is 8.35. The average Bonchev–Trinajstić information content (AvgIpc) is 3.32. The lowest BCUT2D eigenvalue weighted by Gasteiger charge is -2.56. The van der Waals surface area contributed by atoms with E-state index in [4.69, 9.17) is 4.74 Å². The zero-order valence-corrected chi connectivity index (χ0v) is 19.9. The van der Waals surface area contributed by atoms with Crippen molar-refractivity contribution in [1.82, 2.24) is 14.9 Å². The molecule has 1 aliphatic heterocycles. The molecule has 3 amide bonds. The molecule has 34 heavy (non-hydrogen) atoms. The van der Waals surface area contributed by atoms with E-state index in [9.17, 15) is 22.8 Å². The first kappa shape index (κ1) is 23.3. The largest absolute Gasteiger partial charge is 0.452 e. The van der Waals surface area contributed by atoms with Gasteiger partial charge >= 0.3 is 12.0 Å². The van der Waals surface area contributed by atoms with E-state index in [1.165, 1.54) is 47.8 Å². The number of sulfonamides is 1. The maximum atomic E-state index is 12.6. The molecule has 1 aromatic rings. The van der Waals surface area contributed by atoms with Crippen LogP contribution >= 0.6 is 0 Å². The number of amides is 3. The molecule has 0 spiro atoms. The molecule has 4 aliphatic carbocycles. The van der Waals surface area contributed by atoms with Gasteiger partial charge < -0.3 is 10.1 Å². The molecule has 1 aromatic carbocycles. The van der Waals surface area contributed by atoms with E-state index in [2.05, 4.69) is 10.6 Å². The summed E-state index contributed by atoms with van der Waals surface area (Å²) in [4.78, 5) is 37.0. The molecule has 184 valence electrons. The minimum absolute atomic E-state index is 0.116. The van der Waals surface area contributed by atoms with E-state index >= 15 is 0 Å². The van der Waals surface area contributed by atoms with Gasteiger partial charge in [-0.05, 0) is 93.4 Å². The van der Waals surface area contributed by atoms with Gasteiger partial charge in [-0.25, -0.2) is 18.0 Å². The zero-order chi connectivity index (χ0) is 23.9. The summed E-state index contributed by atoms with van der Waals surface area (Å²) in [5, 5.41) is 5.32. The summed E-state index contributed by atoms with van der Waals surface area (Å²) in [6, 6.07) is 4.91. The van der Waals surface area contributed by atoms with Gasteiger partial charge in [0.1, 0.15) is 0 Å². The maximum absolute atomic E-state index is 12.6. The number of esters is 1. The SMILES string of the molecule is O=C(COC(=O)c1ccc(S(=O)(=O)N2CCCC2)cc1)NC(=O)NC12CC3CC(CC(C3)C1)C2. The first-order valence-corrected chi connectivity index (χ1v) is 13.6. The van der Waals surface area contributed by atoms with Crippen LogP contribution in [0, 0.1) is 17.8 Å². The number of benzene rings is 1. The van der Waals surface area contributed by atoms with Gasteiger partial charge in [-0.3, -0.25) is 10.1 Å². The highest BCUT2D eigenvalue weighted by Gasteiger charge is 2.51. The monoisotopic (exact) mass is 489 g/mol. The first-order valence-electron chi connectivity index (χ1n) is 12.1. The van der Waals surface area contributed by atoms with E-state index < -0.39 is 34.5 Å². The minimum atomic E-state index is -3.57. The lowest BCUT2D eigenvalue weighted by molar-refractivity contribution is -0.123. The maximum Gasteiger partial charge on any atom is 0.338 e. The topological polar surface area (TPSA) is 122 Å². The number of carbonyl (C=O) groups is 3. The average molecular weight is 490 g/mol. The van der Waals surface area contributed by atoms with E-state index in [0.29, 0.717) is 30.8 Å². The molecule has 5 fully saturated rings. The molecule has 4 saturated carbocycles. The Balaban J connectivity index is 1.10. The van der Waals surface area contributed by atoms with Crippen molar-refractivity contribution in [3.8, 4) is 0 Å². The molecular weight excluding hydrogens is 458 g/mol. The predicted octanol–water partition coefficient (Wildman–Crippen LogP) is 2.42. The van der Waals surface area contributed by atoms with Gasteiger partial charge in [-0.15, -0.1) is 0 Å². The number of rotatable bonds is 6. The van der Waals surface area contributed by atoms with Crippen molar-refractivity contribution in [1.29, 1.82) is 0 Å². The second-order valence-corrected chi connectivity index (χ2v) is 12.3. The molecule has 1 heterocycles. The number of nitrogens with zero attached hydrogens (tertiary/aromatic N) is 1. The molecule has 0 aromatic heterocycles. The van der Waals surface area contributed by atoms with Crippen LogP contribution in [0.25, 0.3) is 0 Å². The molecular formula is C24H31N3O6S. The van der Waals surface area contributed by atoms with Crippen molar-refractivity contribution in [2.24, 2.45) is 17.8 Å². The minimum Gasteiger partial charge on any atom is -0.452 e. The zero-order valence-electron chi connectivity index (χ0n) is 19.1. The lowest BCUT2D eigenvalue weighted by Crippen LogP contribution is -2.62. The van der Waals surface area contributed by atoms with Gasteiger partial charge in [-0.1, -0.05) is 0 Å². The van der Waals surface area contributed by atoms with Crippen LogP contribution in [0.1, 0.15) is 61.7 Å². The van der Waals surface area contributed by atoms with Crippen LogP contribution in [-0.4, -0.2) is 55.9 Å². The predicted molar refractivity (Wildman–Crippen MR) is 122 cm³/mol. The van der Waals surface area contributed by atoms with Crippen molar-refractivity contribution in [2.45, 2.75) is 61.8 Å². The third kappa shape index (κ3) is 4.70. The highest BCUT2D eigenvalue weighted by Crippen LogP contribution is 2.55. The molecule has 0 radical (unpaired) electrons. The van der Waals surface area contributed by atoms with Crippen molar-refractivity contribution >= 4 is 27.9 Å². The summed E-state index contributed by atoms with van der Waals surface area (Å²) in [7, 11) is -3.57. The summed E-state index contributed by atoms with van der Waals surface area (Å²) >= 11 is 0.